The van der Waals surface area contributed by atoms with E-state index in [0.29, 0.717) is 0 Å². The summed E-state index contributed by atoms with van der Waals surface area (Å²) in [6, 6.07) is 3.22. The van der Waals surface area contributed by atoms with Crippen LogP contribution in [0.15, 0.2) is 18.2 Å². The molecule has 0 fully saturated rings. The van der Waals surface area contributed by atoms with Gasteiger partial charge in [-0.1, -0.05) is 6.07 Å². The van der Waals surface area contributed by atoms with Gasteiger partial charge in [-0.15, -0.1) is 5.10 Å². The van der Waals surface area contributed by atoms with Crippen LogP contribution in [0.3, 0.4) is 0 Å². The quantitative estimate of drug-likeness (QED) is 0.828. The van der Waals surface area contributed by atoms with Crippen molar-refractivity contribution in [1.29, 1.82) is 0 Å². The molecular formula is C10H8F2N4O. The van der Waals surface area contributed by atoms with E-state index in [2.05, 4.69) is 15.2 Å². The first-order valence-corrected chi connectivity index (χ1v) is 4.71. The first-order chi connectivity index (χ1) is 8.06. The number of nitrogens with two attached hydrogens (primary N) is 1. The van der Waals surface area contributed by atoms with E-state index in [9.17, 15) is 13.6 Å². The number of halogens is 2. The number of hydrogen-bond donors (Lipinski definition) is 2. The second-order valence-electron chi connectivity index (χ2n) is 3.38. The van der Waals surface area contributed by atoms with Crippen molar-refractivity contribution in [2.24, 2.45) is 5.73 Å². The summed E-state index contributed by atoms with van der Waals surface area (Å²) in [4.78, 5) is 14.5. The van der Waals surface area contributed by atoms with Gasteiger partial charge in [-0.2, -0.15) is 0 Å². The summed E-state index contributed by atoms with van der Waals surface area (Å²) in [7, 11) is 0. The summed E-state index contributed by atoms with van der Waals surface area (Å²) in [6.07, 6.45) is 0.0758. The molecule has 88 valence electrons. The smallest absolute Gasteiger partial charge is 0.288 e. The third kappa shape index (κ3) is 2.44. The Morgan fingerprint density at radius 2 is 2.18 bits per heavy atom. The van der Waals surface area contributed by atoms with Gasteiger partial charge in [-0.05, 0) is 11.6 Å². The van der Waals surface area contributed by atoms with E-state index in [1.165, 1.54) is 6.07 Å². The van der Waals surface area contributed by atoms with Crippen LogP contribution in [0.25, 0.3) is 0 Å². The highest BCUT2D eigenvalue weighted by atomic mass is 19.1. The molecule has 1 aromatic carbocycles. The lowest BCUT2D eigenvalue weighted by Gasteiger charge is -1.99. The Balaban J connectivity index is 2.22. The highest BCUT2D eigenvalue weighted by molar-refractivity contribution is 5.88. The summed E-state index contributed by atoms with van der Waals surface area (Å²) < 4.78 is 26.0. The van der Waals surface area contributed by atoms with E-state index in [1.807, 2.05) is 0 Å². The number of hydrogen-bond acceptors (Lipinski definition) is 3. The lowest BCUT2D eigenvalue weighted by molar-refractivity contribution is 0.0991. The fraction of sp³-hybridized carbons (Fsp3) is 0.100. The Hall–Kier alpha value is -2.31. The summed E-state index contributed by atoms with van der Waals surface area (Å²) in [5, 5.41) is 6.01. The number of carbonyl (C=O) groups excluding carboxylic acids is 1. The van der Waals surface area contributed by atoms with Crippen molar-refractivity contribution >= 4 is 5.91 Å². The summed E-state index contributed by atoms with van der Waals surface area (Å²) in [5.41, 5.74) is 5.21. The summed E-state index contributed by atoms with van der Waals surface area (Å²) >= 11 is 0. The first kappa shape index (κ1) is 11.2. The van der Waals surface area contributed by atoms with E-state index in [0.717, 1.165) is 12.1 Å². The number of amides is 1. The van der Waals surface area contributed by atoms with Crippen LogP contribution in [0, 0.1) is 11.6 Å². The number of carbonyl (C=O) groups is 1. The molecule has 0 unspecified atom stereocenters. The molecule has 0 saturated heterocycles. The van der Waals surface area contributed by atoms with Gasteiger partial charge < -0.3 is 5.73 Å². The SMILES string of the molecule is NC(=O)c1n[nH]c(Cc2ccc(F)cc2F)n1. The molecule has 5 nitrogen and oxygen atoms in total. The molecule has 0 spiro atoms. The minimum atomic E-state index is -0.771. The molecule has 0 aliphatic heterocycles. The normalized spacial score (nSPS) is 10.5. The Morgan fingerprint density at radius 1 is 1.41 bits per heavy atom. The van der Waals surface area contributed by atoms with Crippen LogP contribution in [0.4, 0.5) is 8.78 Å². The van der Waals surface area contributed by atoms with Gasteiger partial charge in [0.15, 0.2) is 0 Å². The second kappa shape index (κ2) is 4.28. The Kier molecular flexibility index (Phi) is 2.82. The Bertz CT molecular complexity index is 567. The van der Waals surface area contributed by atoms with Gasteiger partial charge in [-0.25, -0.2) is 13.8 Å². The number of aromatic amines is 1. The minimum Gasteiger partial charge on any atom is -0.363 e. The van der Waals surface area contributed by atoms with Gasteiger partial charge in [0.25, 0.3) is 5.91 Å². The molecule has 0 saturated carbocycles. The van der Waals surface area contributed by atoms with E-state index in [1.54, 1.807) is 0 Å². The number of aromatic nitrogens is 3. The number of nitrogens with one attached hydrogen (secondary N) is 1. The molecule has 3 N–H and O–H groups in total. The summed E-state index contributed by atoms with van der Waals surface area (Å²) in [6.45, 7) is 0. The molecule has 17 heavy (non-hydrogen) atoms. The molecule has 7 heteroatoms. The number of primary amides is 1. The molecular weight excluding hydrogens is 230 g/mol. The zero-order chi connectivity index (χ0) is 12.4. The van der Waals surface area contributed by atoms with Gasteiger partial charge in [-0.3, -0.25) is 9.89 Å². The van der Waals surface area contributed by atoms with Gasteiger partial charge >= 0.3 is 0 Å². The lowest BCUT2D eigenvalue weighted by Crippen LogP contribution is -2.12. The molecule has 1 heterocycles. The number of nitrogens with zero attached hydrogens (tertiary/aromatic N) is 2. The molecule has 0 radical (unpaired) electrons. The third-order valence-electron chi connectivity index (χ3n) is 2.13. The molecule has 0 bridgehead atoms. The maximum Gasteiger partial charge on any atom is 0.288 e. The summed E-state index contributed by atoms with van der Waals surface area (Å²) in [5.74, 6) is -1.98. The van der Waals surface area contributed by atoms with Crippen molar-refractivity contribution in [2.75, 3.05) is 0 Å². The molecule has 2 rings (SSSR count). The Morgan fingerprint density at radius 3 is 2.76 bits per heavy atom. The monoisotopic (exact) mass is 238 g/mol. The average Bonchev–Trinajstić information content (AvgIpc) is 2.71. The molecule has 0 aliphatic carbocycles. The predicted octanol–water partition coefficient (Wildman–Crippen LogP) is 0.773. The highest BCUT2D eigenvalue weighted by Crippen LogP contribution is 2.12. The maximum absolute atomic E-state index is 13.3. The van der Waals surface area contributed by atoms with Gasteiger partial charge in [0.2, 0.25) is 5.82 Å². The number of benzene rings is 1. The molecule has 2 aromatic rings. The topological polar surface area (TPSA) is 84.7 Å². The van der Waals surface area contributed by atoms with E-state index >= 15 is 0 Å². The molecule has 1 amide bonds. The van der Waals surface area contributed by atoms with Crippen molar-refractivity contribution < 1.29 is 13.6 Å². The minimum absolute atomic E-state index is 0.0758. The fourth-order valence-corrected chi connectivity index (χ4v) is 1.33. The highest BCUT2D eigenvalue weighted by Gasteiger charge is 2.11. The van der Waals surface area contributed by atoms with Crippen LogP contribution in [-0.4, -0.2) is 21.1 Å². The predicted molar refractivity (Wildman–Crippen MR) is 54.1 cm³/mol. The van der Waals surface area contributed by atoms with Gasteiger partial charge in [0.05, 0.1) is 0 Å². The lowest BCUT2D eigenvalue weighted by atomic mass is 10.1. The van der Waals surface area contributed by atoms with Crippen molar-refractivity contribution in [3.63, 3.8) is 0 Å². The van der Waals surface area contributed by atoms with Crippen LogP contribution in [0.1, 0.15) is 22.0 Å². The fourth-order valence-electron chi connectivity index (χ4n) is 1.33. The van der Waals surface area contributed by atoms with E-state index in [4.69, 9.17) is 5.73 Å². The van der Waals surface area contributed by atoms with Gasteiger partial charge in [0, 0.05) is 12.5 Å². The van der Waals surface area contributed by atoms with E-state index < -0.39 is 17.5 Å². The van der Waals surface area contributed by atoms with Crippen molar-refractivity contribution in [3.8, 4) is 0 Å². The zero-order valence-corrected chi connectivity index (χ0v) is 8.58. The molecule has 0 aliphatic rings. The van der Waals surface area contributed by atoms with Crippen molar-refractivity contribution in [1.82, 2.24) is 15.2 Å². The average molecular weight is 238 g/mol. The van der Waals surface area contributed by atoms with Crippen molar-refractivity contribution in [2.45, 2.75) is 6.42 Å². The van der Waals surface area contributed by atoms with Crippen LogP contribution in [0.2, 0.25) is 0 Å². The largest absolute Gasteiger partial charge is 0.363 e. The van der Waals surface area contributed by atoms with Crippen molar-refractivity contribution in [3.05, 3.63) is 47.0 Å². The van der Waals surface area contributed by atoms with Crippen LogP contribution in [-0.2, 0) is 6.42 Å². The number of rotatable bonds is 3. The number of H-pyrrole nitrogens is 1. The van der Waals surface area contributed by atoms with E-state index in [-0.39, 0.29) is 23.6 Å². The van der Waals surface area contributed by atoms with Crippen LogP contribution in [0.5, 0.6) is 0 Å². The third-order valence-corrected chi connectivity index (χ3v) is 2.13. The second-order valence-corrected chi connectivity index (χ2v) is 3.38. The maximum atomic E-state index is 13.3. The Labute approximate surface area is 94.7 Å². The molecule has 1 aromatic heterocycles. The molecule has 0 atom stereocenters. The van der Waals surface area contributed by atoms with Crippen LogP contribution < -0.4 is 5.73 Å². The standard InChI is InChI=1S/C10H8F2N4O/c11-6-2-1-5(7(12)4-6)3-8-14-10(9(13)17)16-15-8/h1-2,4H,3H2,(H2,13,17)(H,14,15,16). The first-order valence-electron chi connectivity index (χ1n) is 4.71. The zero-order valence-electron chi connectivity index (χ0n) is 8.58. The van der Waals surface area contributed by atoms with Crippen LogP contribution >= 0.6 is 0 Å². The van der Waals surface area contributed by atoms with Gasteiger partial charge in [0.1, 0.15) is 17.5 Å².